The van der Waals surface area contributed by atoms with Gasteiger partial charge < -0.3 is 36.1 Å². The number of amides is 1. The van der Waals surface area contributed by atoms with Crippen LogP contribution >= 0.6 is 0 Å². The number of aryl methyl sites for hydroxylation is 1. The van der Waals surface area contributed by atoms with Crippen molar-refractivity contribution in [2.45, 2.75) is 59.8 Å². The molecule has 0 spiro atoms. The highest BCUT2D eigenvalue weighted by Gasteiger charge is 2.25. The van der Waals surface area contributed by atoms with Gasteiger partial charge in [-0.25, -0.2) is 0 Å². The highest BCUT2D eigenvalue weighted by Crippen LogP contribution is 2.31. The van der Waals surface area contributed by atoms with Crippen molar-refractivity contribution in [2.75, 3.05) is 53.7 Å². The van der Waals surface area contributed by atoms with Gasteiger partial charge in [-0.1, -0.05) is 49.7 Å². The second-order valence-corrected chi connectivity index (χ2v) is 10.7. The van der Waals surface area contributed by atoms with Gasteiger partial charge in [0.05, 0.1) is 6.61 Å². The van der Waals surface area contributed by atoms with Crippen molar-refractivity contribution in [3.05, 3.63) is 71.1 Å². The van der Waals surface area contributed by atoms with Crippen LogP contribution in [0.4, 0.5) is 5.69 Å². The van der Waals surface area contributed by atoms with Gasteiger partial charge in [0.1, 0.15) is 18.2 Å². The molecule has 1 amide bonds. The lowest BCUT2D eigenvalue weighted by Gasteiger charge is -2.26. The van der Waals surface area contributed by atoms with E-state index in [0.717, 1.165) is 60.4 Å². The topological polar surface area (TPSA) is 126 Å². The lowest BCUT2D eigenvalue weighted by molar-refractivity contribution is -0.123. The second kappa shape index (κ2) is 24.9. The number of aldehydes is 1. The van der Waals surface area contributed by atoms with Crippen LogP contribution in [0.15, 0.2) is 59.9 Å². The zero-order valence-corrected chi connectivity index (χ0v) is 28.0. The minimum atomic E-state index is -0.288. The first-order valence-corrected chi connectivity index (χ1v) is 14.7. The largest absolute Gasteiger partial charge is 0.494 e. The summed E-state index contributed by atoms with van der Waals surface area (Å²) in [7, 11) is 9.28. The van der Waals surface area contributed by atoms with Gasteiger partial charge >= 0.3 is 0 Å². The summed E-state index contributed by atoms with van der Waals surface area (Å²) >= 11 is 0. The van der Waals surface area contributed by atoms with Gasteiger partial charge in [-0.3, -0.25) is 9.59 Å². The number of nitrogens with zero attached hydrogens (tertiary/aromatic N) is 1. The van der Waals surface area contributed by atoms with Crippen molar-refractivity contribution in [1.82, 2.24) is 15.5 Å². The molecule has 9 nitrogen and oxygen atoms in total. The summed E-state index contributed by atoms with van der Waals surface area (Å²) in [4.78, 5) is 34.6. The average molecular weight is 600 g/mol. The van der Waals surface area contributed by atoms with Crippen LogP contribution in [0, 0.1) is 12.3 Å². The van der Waals surface area contributed by atoms with Crippen LogP contribution in [0.1, 0.15) is 57.6 Å². The fraction of sp³-hybridized carbons (Fsp3) is 0.500. The van der Waals surface area contributed by atoms with Gasteiger partial charge in [0.2, 0.25) is 5.91 Å². The van der Waals surface area contributed by atoms with Gasteiger partial charge in [-0.15, -0.1) is 0 Å². The molecule has 9 heteroatoms. The third-order valence-electron chi connectivity index (χ3n) is 6.19. The quantitative estimate of drug-likeness (QED) is 0.129. The van der Waals surface area contributed by atoms with Crippen LogP contribution in [0.25, 0.3) is 0 Å². The maximum absolute atomic E-state index is 12.8. The molecule has 0 unspecified atom stereocenters. The molecule has 0 aromatic heterocycles. The Labute approximate surface area is 260 Å². The molecule has 5 N–H and O–H groups in total. The van der Waals surface area contributed by atoms with Crippen molar-refractivity contribution < 1.29 is 19.1 Å². The van der Waals surface area contributed by atoms with Crippen molar-refractivity contribution in [3.8, 4) is 5.75 Å². The number of nitrogens with one attached hydrogen (secondary N) is 3. The highest BCUT2D eigenvalue weighted by atomic mass is 16.5. The van der Waals surface area contributed by atoms with E-state index in [1.807, 2.05) is 77.3 Å². The fourth-order valence-electron chi connectivity index (χ4n) is 4.25. The summed E-state index contributed by atoms with van der Waals surface area (Å²) in [5, 5.41) is 8.94. The summed E-state index contributed by atoms with van der Waals surface area (Å²) in [5.74, 6) is 0.712. The number of hydrogen-bond acceptors (Lipinski definition) is 8. The molecule has 0 aliphatic heterocycles. The Morgan fingerprint density at radius 3 is 2.16 bits per heavy atom. The first kappa shape index (κ1) is 41.4. The van der Waals surface area contributed by atoms with Gasteiger partial charge in [-0.2, -0.15) is 0 Å². The molecule has 0 saturated heterocycles. The molecule has 43 heavy (non-hydrogen) atoms. The molecule has 2 aromatic rings. The average Bonchev–Trinajstić information content (AvgIpc) is 3.00. The number of unbranched alkanes of at least 4 members (excludes halogenated alkanes) is 1. The molecular formula is C34H57N5O4. The minimum absolute atomic E-state index is 0.154. The first-order chi connectivity index (χ1) is 20.5. The number of anilines is 1. The molecule has 0 aliphatic carbocycles. The van der Waals surface area contributed by atoms with Crippen LogP contribution in [-0.2, 0) is 20.8 Å². The zero-order valence-electron chi connectivity index (χ0n) is 28.0. The Morgan fingerprint density at radius 1 is 1.05 bits per heavy atom. The summed E-state index contributed by atoms with van der Waals surface area (Å²) < 4.78 is 5.77. The number of allylic oxidation sites excluding steroid dienone is 2. The summed E-state index contributed by atoms with van der Waals surface area (Å²) in [6.07, 6.45) is 4.45. The highest BCUT2D eigenvalue weighted by molar-refractivity contribution is 5.86. The maximum atomic E-state index is 12.8. The van der Waals surface area contributed by atoms with Crippen molar-refractivity contribution >= 4 is 24.7 Å². The van der Waals surface area contributed by atoms with Crippen molar-refractivity contribution in [1.29, 1.82) is 0 Å². The Morgan fingerprint density at radius 2 is 1.67 bits per heavy atom. The number of para-hydroxylation sites is 1. The normalized spacial score (nSPS) is 10.8. The van der Waals surface area contributed by atoms with Crippen LogP contribution in [0.5, 0.6) is 5.75 Å². The fourth-order valence-corrected chi connectivity index (χ4v) is 4.25. The van der Waals surface area contributed by atoms with Gasteiger partial charge in [-0.05, 0) is 96.4 Å². The van der Waals surface area contributed by atoms with Crippen LogP contribution in [-0.4, -0.2) is 72.3 Å². The van der Waals surface area contributed by atoms with E-state index in [9.17, 15) is 9.59 Å². The predicted octanol–water partition coefficient (Wildman–Crippen LogP) is 4.95. The number of ether oxygens (including phenoxy) is 1. The summed E-state index contributed by atoms with van der Waals surface area (Å²) in [5.41, 5.74) is 8.74. The third-order valence-corrected chi connectivity index (χ3v) is 6.19. The minimum Gasteiger partial charge on any atom is -0.494 e. The standard InChI is InChI=1S/C25H41N3O3.C7H9N.CH5N.CH2O/c1-8-31-23-13-12-19(2)15-20(23)16-25(3,4)17-24(30)27-22(18-29)21(26-5)11-9-10-14-28(6)7;1-8-7-5-3-2-4-6-7;2*1-2/h12-13,15,18,26H,8-11,14,16-17H2,1-7H3,(H,27,30);2-6,8H,1H3;2H2,1H3;1H2/b22-21+;;;. The molecule has 0 heterocycles. The Kier molecular flexibility index (Phi) is 24.0. The molecule has 242 valence electrons. The molecule has 0 saturated carbocycles. The van der Waals surface area contributed by atoms with Crippen molar-refractivity contribution in [2.24, 2.45) is 11.1 Å². The summed E-state index contributed by atoms with van der Waals surface area (Å²) in [6, 6.07) is 16.2. The summed E-state index contributed by atoms with van der Waals surface area (Å²) in [6.45, 7) is 11.8. The molecule has 2 aromatic carbocycles. The van der Waals surface area contributed by atoms with Crippen LogP contribution < -0.4 is 26.4 Å². The van der Waals surface area contributed by atoms with Gasteiger partial charge in [0, 0.05) is 31.9 Å². The van der Waals surface area contributed by atoms with E-state index < -0.39 is 0 Å². The van der Waals surface area contributed by atoms with E-state index in [2.05, 4.69) is 53.4 Å². The lowest BCUT2D eigenvalue weighted by Crippen LogP contribution is -2.32. The van der Waals surface area contributed by atoms with E-state index in [1.54, 1.807) is 7.05 Å². The van der Waals surface area contributed by atoms with E-state index in [-0.39, 0.29) is 11.3 Å². The molecule has 0 aliphatic rings. The molecule has 0 radical (unpaired) electrons. The van der Waals surface area contributed by atoms with E-state index in [1.165, 1.54) is 7.05 Å². The maximum Gasteiger partial charge on any atom is 0.225 e. The van der Waals surface area contributed by atoms with Crippen molar-refractivity contribution in [3.63, 3.8) is 0 Å². The second-order valence-electron chi connectivity index (χ2n) is 10.7. The first-order valence-electron chi connectivity index (χ1n) is 14.7. The van der Waals surface area contributed by atoms with Crippen LogP contribution in [0.2, 0.25) is 0 Å². The number of benzene rings is 2. The molecule has 0 atom stereocenters. The number of carbonyl (C=O) groups is 3. The Bertz CT molecular complexity index is 1060. The number of nitrogens with two attached hydrogens (primary N) is 1. The third kappa shape index (κ3) is 19.2. The molecule has 0 bridgehead atoms. The van der Waals surface area contributed by atoms with Gasteiger partial charge in [0.15, 0.2) is 6.29 Å². The van der Waals surface area contributed by atoms with E-state index in [4.69, 9.17) is 9.53 Å². The van der Waals surface area contributed by atoms with E-state index >= 15 is 0 Å². The predicted molar refractivity (Wildman–Crippen MR) is 180 cm³/mol. The lowest BCUT2D eigenvalue weighted by atomic mass is 9.81. The SMILES string of the molecule is C=O.CCOc1ccc(C)cc1CC(C)(C)CC(=O)N/C(C=O)=C(\CCCCN(C)C)NC.CN.CNc1ccccc1. The number of carbonyl (C=O) groups excluding carboxylic acids is 3. The Balaban J connectivity index is 0. The smallest absolute Gasteiger partial charge is 0.225 e. The zero-order chi connectivity index (χ0) is 33.3. The van der Waals surface area contributed by atoms with Gasteiger partial charge in [0.25, 0.3) is 0 Å². The molecular weight excluding hydrogens is 542 g/mol. The number of rotatable bonds is 15. The number of hydrogen-bond donors (Lipinski definition) is 4. The molecule has 0 fully saturated rings. The van der Waals surface area contributed by atoms with E-state index in [0.29, 0.717) is 25.1 Å². The Hall–Kier alpha value is -3.69. The molecule has 2 rings (SSSR count). The van der Waals surface area contributed by atoms with Crippen LogP contribution in [0.3, 0.4) is 0 Å². The monoisotopic (exact) mass is 599 g/mol.